The van der Waals surface area contributed by atoms with Gasteiger partial charge >= 0.3 is 0 Å². The fourth-order valence-electron chi connectivity index (χ4n) is 2.32. The number of rotatable bonds is 2. The molecule has 2 aromatic carbocycles. The molecule has 0 aliphatic carbocycles. The molecule has 2 aromatic rings. The summed E-state index contributed by atoms with van der Waals surface area (Å²) in [4.78, 5) is 14.1. The van der Waals surface area contributed by atoms with E-state index in [0.717, 1.165) is 11.3 Å². The monoisotopic (exact) mass is 337 g/mol. The number of nitrogens with zero attached hydrogens (tertiary/aromatic N) is 1. The number of halogens is 2. The molecule has 5 heteroatoms. The molecule has 0 radical (unpaired) electrons. The number of carbonyl (C=O) groups excluding carboxylic acids is 1. The van der Waals surface area contributed by atoms with Gasteiger partial charge in [-0.15, -0.1) is 11.8 Å². The minimum Gasteiger partial charge on any atom is -0.295 e. The molecule has 1 atom stereocenters. The van der Waals surface area contributed by atoms with Crippen molar-refractivity contribution in [2.45, 2.75) is 12.3 Å². The molecule has 1 amide bonds. The zero-order valence-corrected chi connectivity index (χ0v) is 13.7. The second-order valence-corrected chi connectivity index (χ2v) is 6.82. The van der Waals surface area contributed by atoms with E-state index in [9.17, 15) is 4.79 Å². The molecule has 108 valence electrons. The smallest absolute Gasteiger partial charge is 0.238 e. The minimum absolute atomic E-state index is 0.0602. The van der Waals surface area contributed by atoms with E-state index in [-0.39, 0.29) is 11.3 Å². The first-order chi connectivity index (χ1) is 10.1. The van der Waals surface area contributed by atoms with Crippen molar-refractivity contribution in [1.82, 2.24) is 0 Å². The molecular formula is C16H13Cl2NOS. The van der Waals surface area contributed by atoms with Crippen LogP contribution >= 0.6 is 35.0 Å². The van der Waals surface area contributed by atoms with Gasteiger partial charge in [0.1, 0.15) is 5.37 Å². The van der Waals surface area contributed by atoms with Gasteiger partial charge in [-0.3, -0.25) is 9.69 Å². The largest absolute Gasteiger partial charge is 0.295 e. The first kappa shape index (κ1) is 14.8. The van der Waals surface area contributed by atoms with Crippen LogP contribution in [-0.2, 0) is 4.79 Å². The molecule has 1 saturated heterocycles. The van der Waals surface area contributed by atoms with Crippen LogP contribution in [0.3, 0.4) is 0 Å². The summed E-state index contributed by atoms with van der Waals surface area (Å²) in [6, 6.07) is 13.5. The predicted octanol–water partition coefficient (Wildman–Crippen LogP) is 5.08. The van der Waals surface area contributed by atoms with Gasteiger partial charge in [-0.2, -0.15) is 0 Å². The van der Waals surface area contributed by atoms with Gasteiger partial charge in [-0.05, 0) is 36.8 Å². The number of amides is 1. The lowest BCUT2D eigenvalue weighted by Crippen LogP contribution is -2.27. The second kappa shape index (κ2) is 5.91. The van der Waals surface area contributed by atoms with Crippen LogP contribution in [-0.4, -0.2) is 11.7 Å². The van der Waals surface area contributed by atoms with Crippen molar-refractivity contribution in [2.24, 2.45) is 0 Å². The highest BCUT2D eigenvalue weighted by Crippen LogP contribution is 2.42. The lowest BCUT2D eigenvalue weighted by Gasteiger charge is -2.24. The van der Waals surface area contributed by atoms with E-state index in [2.05, 4.69) is 0 Å². The highest BCUT2D eigenvalue weighted by Gasteiger charge is 2.34. The maximum Gasteiger partial charge on any atom is 0.238 e. The van der Waals surface area contributed by atoms with Crippen LogP contribution < -0.4 is 4.90 Å². The highest BCUT2D eigenvalue weighted by atomic mass is 35.5. The second-order valence-electron chi connectivity index (χ2n) is 4.94. The number of thioether (sulfide) groups is 1. The zero-order chi connectivity index (χ0) is 15.0. The molecule has 1 fully saturated rings. The van der Waals surface area contributed by atoms with E-state index in [4.69, 9.17) is 23.2 Å². The quantitative estimate of drug-likeness (QED) is 0.761. The Balaban J connectivity index is 1.99. The average molecular weight is 338 g/mol. The van der Waals surface area contributed by atoms with Crippen molar-refractivity contribution in [3.63, 3.8) is 0 Å². The number of anilines is 1. The lowest BCUT2D eigenvalue weighted by atomic mass is 10.1. The summed E-state index contributed by atoms with van der Waals surface area (Å²) in [7, 11) is 0. The Hall–Kier alpha value is -1.16. The topological polar surface area (TPSA) is 20.3 Å². The van der Waals surface area contributed by atoms with E-state index in [0.29, 0.717) is 15.8 Å². The maximum absolute atomic E-state index is 12.2. The number of hydrogen-bond donors (Lipinski definition) is 0. The van der Waals surface area contributed by atoms with Crippen molar-refractivity contribution in [2.75, 3.05) is 10.7 Å². The molecule has 1 aliphatic heterocycles. The third-order valence-electron chi connectivity index (χ3n) is 3.41. The van der Waals surface area contributed by atoms with Gasteiger partial charge in [0.2, 0.25) is 5.91 Å². The molecular weight excluding hydrogens is 325 g/mol. The summed E-state index contributed by atoms with van der Waals surface area (Å²) in [5.41, 5.74) is 3.07. The Morgan fingerprint density at radius 2 is 1.81 bits per heavy atom. The molecule has 0 N–H and O–H groups in total. The van der Waals surface area contributed by atoms with Crippen molar-refractivity contribution >= 4 is 46.6 Å². The molecule has 1 aliphatic rings. The molecule has 21 heavy (non-hydrogen) atoms. The number of hydrogen-bond acceptors (Lipinski definition) is 2. The number of benzene rings is 2. The van der Waals surface area contributed by atoms with E-state index >= 15 is 0 Å². The van der Waals surface area contributed by atoms with Gasteiger partial charge in [0.25, 0.3) is 0 Å². The molecule has 0 saturated carbocycles. The van der Waals surface area contributed by atoms with Gasteiger partial charge in [-0.1, -0.05) is 47.0 Å². The number of aryl methyl sites for hydroxylation is 1. The van der Waals surface area contributed by atoms with Crippen molar-refractivity contribution in [1.29, 1.82) is 0 Å². The fraction of sp³-hybridized carbons (Fsp3) is 0.188. The predicted molar refractivity (Wildman–Crippen MR) is 90.3 cm³/mol. The normalized spacial score (nSPS) is 18.3. The Morgan fingerprint density at radius 3 is 2.48 bits per heavy atom. The molecule has 3 rings (SSSR count). The minimum atomic E-state index is -0.0602. The fourth-order valence-corrected chi connectivity index (χ4v) is 3.79. The Kier molecular flexibility index (Phi) is 4.16. The van der Waals surface area contributed by atoms with E-state index < -0.39 is 0 Å². The van der Waals surface area contributed by atoms with E-state index in [1.165, 1.54) is 5.56 Å². The van der Waals surface area contributed by atoms with Crippen LogP contribution in [0.4, 0.5) is 5.69 Å². The molecule has 0 spiro atoms. The number of carbonyl (C=O) groups is 1. The summed E-state index contributed by atoms with van der Waals surface area (Å²) in [6.07, 6.45) is 0. The lowest BCUT2D eigenvalue weighted by molar-refractivity contribution is -0.115. The Labute approximate surface area is 138 Å². The van der Waals surface area contributed by atoms with Crippen LogP contribution in [0.1, 0.15) is 16.5 Å². The molecule has 0 unspecified atom stereocenters. The van der Waals surface area contributed by atoms with E-state index in [1.54, 1.807) is 17.8 Å². The van der Waals surface area contributed by atoms with Gasteiger partial charge in [0.15, 0.2) is 0 Å². The van der Waals surface area contributed by atoms with Crippen LogP contribution in [0.2, 0.25) is 10.0 Å². The third kappa shape index (κ3) is 2.91. The van der Waals surface area contributed by atoms with Gasteiger partial charge in [0.05, 0.1) is 15.8 Å². The molecule has 2 nitrogen and oxygen atoms in total. The zero-order valence-electron chi connectivity index (χ0n) is 11.3. The summed E-state index contributed by atoms with van der Waals surface area (Å²) < 4.78 is 0. The van der Waals surface area contributed by atoms with E-state index in [1.807, 2.05) is 48.2 Å². The standard InChI is InChI=1S/C16H13Cl2NOS/c1-10-2-5-12(6-3-10)19-15(20)9-21-16(19)11-4-7-13(17)14(18)8-11/h2-8,16H,9H2,1H3/t16-/m0/s1. The van der Waals surface area contributed by atoms with Crippen LogP contribution in [0.15, 0.2) is 42.5 Å². The Morgan fingerprint density at radius 1 is 1.10 bits per heavy atom. The molecule has 0 bridgehead atoms. The first-order valence-electron chi connectivity index (χ1n) is 6.51. The van der Waals surface area contributed by atoms with Crippen molar-refractivity contribution in [3.05, 3.63) is 63.6 Å². The molecule has 1 heterocycles. The van der Waals surface area contributed by atoms with Crippen LogP contribution in [0, 0.1) is 6.92 Å². The van der Waals surface area contributed by atoms with Gasteiger partial charge < -0.3 is 0 Å². The van der Waals surface area contributed by atoms with Gasteiger partial charge in [-0.25, -0.2) is 0 Å². The maximum atomic E-state index is 12.2. The summed E-state index contributed by atoms with van der Waals surface area (Å²) in [5, 5.41) is 0.976. The first-order valence-corrected chi connectivity index (χ1v) is 8.32. The van der Waals surface area contributed by atoms with Crippen molar-refractivity contribution < 1.29 is 4.79 Å². The SMILES string of the molecule is Cc1ccc(N2C(=O)CS[C@H]2c2ccc(Cl)c(Cl)c2)cc1. The van der Waals surface area contributed by atoms with Crippen LogP contribution in [0.25, 0.3) is 0 Å². The average Bonchev–Trinajstić information content (AvgIpc) is 2.85. The van der Waals surface area contributed by atoms with Gasteiger partial charge in [0, 0.05) is 5.69 Å². The summed E-state index contributed by atoms with van der Waals surface area (Å²) in [6.45, 7) is 2.03. The molecule has 0 aromatic heterocycles. The van der Waals surface area contributed by atoms with Crippen LogP contribution in [0.5, 0.6) is 0 Å². The summed E-state index contributed by atoms with van der Waals surface area (Å²) >= 11 is 13.7. The third-order valence-corrected chi connectivity index (χ3v) is 5.36. The summed E-state index contributed by atoms with van der Waals surface area (Å²) in [5.74, 6) is 0.582. The Bertz CT molecular complexity index is 687. The van der Waals surface area contributed by atoms with Crippen molar-refractivity contribution in [3.8, 4) is 0 Å². The highest BCUT2D eigenvalue weighted by molar-refractivity contribution is 8.00.